The summed E-state index contributed by atoms with van der Waals surface area (Å²) in [5.41, 5.74) is 0. The summed E-state index contributed by atoms with van der Waals surface area (Å²) in [7, 11) is -1.59. The first-order valence-electron chi connectivity index (χ1n) is 5.73. The number of rotatable bonds is 4. The van der Waals surface area contributed by atoms with Gasteiger partial charge in [0.15, 0.2) is 5.03 Å². The van der Waals surface area contributed by atoms with E-state index >= 15 is 0 Å². The molecule has 94 valence electrons. The number of pyridine rings is 1. The molecule has 1 aliphatic rings. The first-order valence-corrected chi connectivity index (χ1v) is 7.18. The van der Waals surface area contributed by atoms with Crippen LogP contribution in [0, 0.1) is 0 Å². The van der Waals surface area contributed by atoms with E-state index in [9.17, 15) is 8.42 Å². The minimum atomic E-state index is -3.43. The normalized spacial score (nSPS) is 21.8. The van der Waals surface area contributed by atoms with Crippen molar-refractivity contribution in [3.63, 3.8) is 0 Å². The van der Waals surface area contributed by atoms with Gasteiger partial charge in [-0.2, -0.15) is 4.31 Å². The molecule has 0 radical (unpaired) electrons. The van der Waals surface area contributed by atoms with Gasteiger partial charge in [0.25, 0.3) is 10.0 Å². The Labute approximate surface area is 102 Å². The molecule has 0 spiro atoms. The molecule has 1 N–H and O–H groups in total. The highest BCUT2D eigenvalue weighted by atomic mass is 32.2. The Bertz CT molecular complexity index is 461. The number of hydrogen-bond donors (Lipinski definition) is 1. The fraction of sp³-hybridized carbons (Fsp3) is 0.545. The van der Waals surface area contributed by atoms with Crippen LogP contribution in [0.15, 0.2) is 29.4 Å². The lowest BCUT2D eigenvalue weighted by Crippen LogP contribution is -2.41. The van der Waals surface area contributed by atoms with Crippen LogP contribution in [0.2, 0.25) is 0 Å². The van der Waals surface area contributed by atoms with Crippen LogP contribution in [0.25, 0.3) is 0 Å². The molecule has 1 fully saturated rings. The summed E-state index contributed by atoms with van der Waals surface area (Å²) in [5.74, 6) is 0. The zero-order valence-corrected chi connectivity index (χ0v) is 10.7. The Kier molecular flexibility index (Phi) is 3.76. The molecule has 0 saturated carbocycles. The number of likely N-dealkylation sites (N-methyl/N-ethyl adjacent to an activating group) is 1. The zero-order valence-electron chi connectivity index (χ0n) is 9.83. The highest BCUT2D eigenvalue weighted by Gasteiger charge is 2.35. The third kappa shape index (κ3) is 2.48. The van der Waals surface area contributed by atoms with Gasteiger partial charge in [0.2, 0.25) is 0 Å². The van der Waals surface area contributed by atoms with E-state index in [1.165, 1.54) is 6.20 Å². The van der Waals surface area contributed by atoms with Crippen LogP contribution >= 0.6 is 0 Å². The summed E-state index contributed by atoms with van der Waals surface area (Å²) in [6.07, 6.45) is 3.33. The Hall–Kier alpha value is -0.980. The van der Waals surface area contributed by atoms with Crippen molar-refractivity contribution in [2.75, 3.05) is 20.1 Å². The Morgan fingerprint density at radius 2 is 2.35 bits per heavy atom. The summed E-state index contributed by atoms with van der Waals surface area (Å²) >= 11 is 0. The van der Waals surface area contributed by atoms with E-state index in [4.69, 9.17) is 0 Å². The lowest BCUT2D eigenvalue weighted by atomic mass is 10.2. The standard InChI is InChI=1S/C11H17N3O2S/c1-12-9-10-5-4-8-14(10)17(15,16)11-6-2-3-7-13-11/h2-3,6-7,10,12H,4-5,8-9H2,1H3. The number of hydrogen-bond acceptors (Lipinski definition) is 4. The summed E-state index contributed by atoms with van der Waals surface area (Å²) in [6, 6.07) is 5.01. The molecule has 1 atom stereocenters. The molecule has 0 aliphatic carbocycles. The first kappa shape index (κ1) is 12.5. The fourth-order valence-corrected chi connectivity index (χ4v) is 3.81. The molecule has 1 unspecified atom stereocenters. The van der Waals surface area contributed by atoms with E-state index in [0.717, 1.165) is 12.8 Å². The molecule has 1 saturated heterocycles. The lowest BCUT2D eigenvalue weighted by Gasteiger charge is -2.23. The van der Waals surface area contributed by atoms with Crippen LogP contribution in [0.4, 0.5) is 0 Å². The van der Waals surface area contributed by atoms with Crippen molar-refractivity contribution >= 4 is 10.0 Å². The van der Waals surface area contributed by atoms with Crippen molar-refractivity contribution in [2.45, 2.75) is 23.9 Å². The van der Waals surface area contributed by atoms with Crippen LogP contribution in [0.3, 0.4) is 0 Å². The molecule has 6 heteroatoms. The SMILES string of the molecule is CNCC1CCCN1S(=O)(=O)c1ccccn1. The van der Waals surface area contributed by atoms with Gasteiger partial charge in [-0.15, -0.1) is 0 Å². The molecule has 2 rings (SSSR count). The predicted molar refractivity (Wildman–Crippen MR) is 65.1 cm³/mol. The number of nitrogens with one attached hydrogen (secondary N) is 1. The third-order valence-electron chi connectivity index (χ3n) is 2.97. The Balaban J connectivity index is 2.27. The number of nitrogens with zero attached hydrogens (tertiary/aromatic N) is 2. The van der Waals surface area contributed by atoms with Crippen molar-refractivity contribution in [1.29, 1.82) is 0 Å². The predicted octanol–water partition coefficient (Wildman–Crippen LogP) is 0.454. The second-order valence-corrected chi connectivity index (χ2v) is 5.97. The molecule has 1 aromatic heterocycles. The maximum Gasteiger partial charge on any atom is 0.260 e. The van der Waals surface area contributed by atoms with Gasteiger partial charge in [-0.1, -0.05) is 6.07 Å². The molecular weight excluding hydrogens is 238 g/mol. The van der Waals surface area contributed by atoms with E-state index in [0.29, 0.717) is 13.1 Å². The van der Waals surface area contributed by atoms with Gasteiger partial charge in [-0.3, -0.25) is 0 Å². The van der Waals surface area contributed by atoms with Gasteiger partial charge >= 0.3 is 0 Å². The van der Waals surface area contributed by atoms with Crippen LogP contribution < -0.4 is 5.32 Å². The number of aromatic nitrogens is 1. The van der Waals surface area contributed by atoms with Crippen molar-refractivity contribution in [2.24, 2.45) is 0 Å². The van der Waals surface area contributed by atoms with Gasteiger partial charge in [-0.05, 0) is 32.0 Å². The molecule has 0 aromatic carbocycles. The molecule has 0 bridgehead atoms. The summed E-state index contributed by atoms with van der Waals surface area (Å²) in [4.78, 5) is 3.94. The average molecular weight is 255 g/mol. The van der Waals surface area contributed by atoms with Gasteiger partial charge in [0, 0.05) is 25.3 Å². The Morgan fingerprint density at radius 1 is 1.53 bits per heavy atom. The van der Waals surface area contributed by atoms with E-state index < -0.39 is 10.0 Å². The van der Waals surface area contributed by atoms with E-state index in [1.807, 2.05) is 7.05 Å². The molecule has 2 heterocycles. The first-order chi connectivity index (χ1) is 8.16. The summed E-state index contributed by atoms with van der Waals surface area (Å²) < 4.78 is 26.3. The maximum absolute atomic E-state index is 12.4. The van der Waals surface area contributed by atoms with Crippen molar-refractivity contribution in [1.82, 2.24) is 14.6 Å². The van der Waals surface area contributed by atoms with E-state index in [-0.39, 0.29) is 11.1 Å². The lowest BCUT2D eigenvalue weighted by molar-refractivity contribution is 0.377. The zero-order chi connectivity index (χ0) is 12.3. The monoisotopic (exact) mass is 255 g/mol. The van der Waals surface area contributed by atoms with Crippen molar-refractivity contribution in [3.8, 4) is 0 Å². The van der Waals surface area contributed by atoms with Gasteiger partial charge in [0.1, 0.15) is 0 Å². The topological polar surface area (TPSA) is 62.3 Å². The minimum absolute atomic E-state index is 0.0482. The van der Waals surface area contributed by atoms with Crippen LogP contribution in [-0.2, 0) is 10.0 Å². The average Bonchev–Trinajstić information content (AvgIpc) is 2.80. The molecular formula is C11H17N3O2S. The van der Waals surface area contributed by atoms with Gasteiger partial charge in [0.05, 0.1) is 0 Å². The van der Waals surface area contributed by atoms with Crippen LogP contribution in [0.5, 0.6) is 0 Å². The van der Waals surface area contributed by atoms with E-state index in [2.05, 4.69) is 10.3 Å². The van der Waals surface area contributed by atoms with Gasteiger partial charge < -0.3 is 5.32 Å². The second-order valence-electron chi connectivity index (χ2n) is 4.14. The molecule has 5 nitrogen and oxygen atoms in total. The fourth-order valence-electron chi connectivity index (χ4n) is 2.19. The minimum Gasteiger partial charge on any atom is -0.318 e. The van der Waals surface area contributed by atoms with Crippen LogP contribution in [0.1, 0.15) is 12.8 Å². The molecule has 17 heavy (non-hydrogen) atoms. The van der Waals surface area contributed by atoms with E-state index in [1.54, 1.807) is 22.5 Å². The molecule has 0 amide bonds. The number of sulfonamides is 1. The highest BCUT2D eigenvalue weighted by molar-refractivity contribution is 7.89. The quantitative estimate of drug-likeness (QED) is 0.848. The van der Waals surface area contributed by atoms with Crippen LogP contribution in [-0.4, -0.2) is 43.9 Å². The maximum atomic E-state index is 12.4. The van der Waals surface area contributed by atoms with Crippen molar-refractivity contribution in [3.05, 3.63) is 24.4 Å². The summed E-state index contributed by atoms with van der Waals surface area (Å²) in [6.45, 7) is 1.28. The summed E-state index contributed by atoms with van der Waals surface area (Å²) in [5, 5.41) is 3.18. The van der Waals surface area contributed by atoms with Gasteiger partial charge in [-0.25, -0.2) is 13.4 Å². The molecule has 1 aliphatic heterocycles. The second kappa shape index (κ2) is 5.12. The van der Waals surface area contributed by atoms with Crippen molar-refractivity contribution < 1.29 is 8.42 Å². The molecule has 1 aromatic rings. The largest absolute Gasteiger partial charge is 0.318 e. The third-order valence-corrected chi connectivity index (χ3v) is 4.84. The highest BCUT2D eigenvalue weighted by Crippen LogP contribution is 2.24. The Morgan fingerprint density at radius 3 is 3.00 bits per heavy atom. The smallest absolute Gasteiger partial charge is 0.260 e.